The molecule has 1 aromatic carbocycles. The van der Waals surface area contributed by atoms with Crippen LogP contribution in [0.15, 0.2) is 30.5 Å². The molecule has 0 aliphatic heterocycles. The second-order valence-corrected chi connectivity index (χ2v) is 4.76. The van der Waals surface area contributed by atoms with Gasteiger partial charge in [-0.05, 0) is 30.4 Å². The van der Waals surface area contributed by atoms with Crippen molar-refractivity contribution in [1.29, 1.82) is 0 Å². The number of hydrogen-bond acceptors (Lipinski definition) is 4. The Kier molecular flexibility index (Phi) is 4.99. The Morgan fingerprint density at radius 1 is 1.29 bits per heavy atom. The van der Waals surface area contributed by atoms with Gasteiger partial charge < -0.3 is 20.1 Å². The summed E-state index contributed by atoms with van der Waals surface area (Å²) >= 11 is 5.27. The molecule has 2 rings (SSSR count). The molecule has 0 bridgehead atoms. The summed E-state index contributed by atoms with van der Waals surface area (Å²) in [5.41, 5.74) is 1.69. The smallest absolute Gasteiger partial charge is 0.171 e. The number of ether oxygens (including phenoxy) is 2. The quantitative estimate of drug-likeness (QED) is 0.823. The average molecular weight is 306 g/mol. The first-order valence-electron chi connectivity index (χ1n) is 6.38. The van der Waals surface area contributed by atoms with Crippen LogP contribution in [0.5, 0.6) is 11.5 Å². The lowest BCUT2D eigenvalue weighted by molar-refractivity contribution is 0.395. The maximum Gasteiger partial charge on any atom is 0.171 e. The Balaban J connectivity index is 1.95. The first-order chi connectivity index (χ1) is 10.1. The van der Waals surface area contributed by atoms with Crippen LogP contribution in [-0.4, -0.2) is 29.1 Å². The molecule has 0 fully saturated rings. The highest BCUT2D eigenvalue weighted by atomic mass is 32.1. The van der Waals surface area contributed by atoms with Gasteiger partial charge in [0.05, 0.1) is 32.1 Å². The normalized spacial score (nSPS) is 10.0. The van der Waals surface area contributed by atoms with Crippen LogP contribution in [0.2, 0.25) is 0 Å². The van der Waals surface area contributed by atoms with Crippen molar-refractivity contribution in [2.24, 2.45) is 7.05 Å². The lowest BCUT2D eigenvalue weighted by Gasteiger charge is -2.13. The summed E-state index contributed by atoms with van der Waals surface area (Å²) in [4.78, 5) is 0. The molecule has 0 unspecified atom stereocenters. The second-order valence-electron chi connectivity index (χ2n) is 4.35. The first-order valence-corrected chi connectivity index (χ1v) is 6.78. The van der Waals surface area contributed by atoms with Crippen molar-refractivity contribution >= 4 is 23.0 Å². The third-order valence-corrected chi connectivity index (χ3v) is 3.10. The van der Waals surface area contributed by atoms with Crippen LogP contribution in [-0.2, 0) is 13.6 Å². The zero-order valence-electron chi connectivity index (χ0n) is 12.2. The minimum atomic E-state index is 0.504. The van der Waals surface area contributed by atoms with Crippen molar-refractivity contribution in [3.05, 3.63) is 36.2 Å². The molecule has 21 heavy (non-hydrogen) atoms. The van der Waals surface area contributed by atoms with Gasteiger partial charge in [-0.2, -0.15) is 5.10 Å². The Bertz CT molecular complexity index is 627. The molecule has 0 saturated heterocycles. The molecule has 112 valence electrons. The minimum absolute atomic E-state index is 0.504. The summed E-state index contributed by atoms with van der Waals surface area (Å²) in [6, 6.07) is 7.42. The number of rotatable bonds is 5. The predicted octanol–water partition coefficient (Wildman–Crippen LogP) is 1.92. The van der Waals surface area contributed by atoms with E-state index in [-0.39, 0.29) is 0 Å². The van der Waals surface area contributed by atoms with Gasteiger partial charge in [-0.15, -0.1) is 0 Å². The summed E-state index contributed by atoms with van der Waals surface area (Å²) in [7, 11) is 5.09. The number of aromatic nitrogens is 2. The third-order valence-electron chi connectivity index (χ3n) is 2.86. The van der Waals surface area contributed by atoms with E-state index in [1.165, 1.54) is 0 Å². The number of thiocarbonyl (C=S) groups is 1. The first kappa shape index (κ1) is 15.1. The zero-order valence-corrected chi connectivity index (χ0v) is 13.0. The fourth-order valence-electron chi connectivity index (χ4n) is 1.80. The lowest BCUT2D eigenvalue weighted by atomic mass is 10.2. The molecule has 0 spiro atoms. The van der Waals surface area contributed by atoms with Crippen LogP contribution in [0, 0.1) is 0 Å². The van der Waals surface area contributed by atoms with Gasteiger partial charge >= 0.3 is 0 Å². The maximum absolute atomic E-state index is 5.31. The summed E-state index contributed by atoms with van der Waals surface area (Å²) < 4.78 is 12.2. The molecule has 1 aromatic heterocycles. The molecule has 6 nitrogen and oxygen atoms in total. The third kappa shape index (κ3) is 4.09. The van der Waals surface area contributed by atoms with Crippen molar-refractivity contribution in [1.82, 2.24) is 15.1 Å². The molecule has 0 atom stereocenters. The monoisotopic (exact) mass is 306 g/mol. The van der Waals surface area contributed by atoms with Crippen LogP contribution >= 0.6 is 12.2 Å². The zero-order chi connectivity index (χ0) is 15.2. The lowest BCUT2D eigenvalue weighted by Crippen LogP contribution is -2.28. The molecule has 0 aliphatic carbocycles. The molecule has 0 aliphatic rings. The van der Waals surface area contributed by atoms with Crippen LogP contribution in [0.1, 0.15) is 5.69 Å². The van der Waals surface area contributed by atoms with Gasteiger partial charge in [-0.1, -0.05) is 0 Å². The Morgan fingerprint density at radius 3 is 2.71 bits per heavy atom. The highest BCUT2D eigenvalue weighted by Gasteiger charge is 2.07. The number of methoxy groups -OCH3 is 2. The van der Waals surface area contributed by atoms with Crippen molar-refractivity contribution in [3.8, 4) is 11.5 Å². The Labute approximate surface area is 129 Å². The number of benzene rings is 1. The number of nitrogens with zero attached hydrogens (tertiary/aromatic N) is 2. The van der Waals surface area contributed by atoms with Gasteiger partial charge in [0.25, 0.3) is 0 Å². The molecule has 7 heteroatoms. The fraction of sp³-hybridized carbons (Fsp3) is 0.286. The SMILES string of the molecule is COc1ccc(NC(=S)NCc2ccn(C)n2)c(OC)c1. The van der Waals surface area contributed by atoms with E-state index in [4.69, 9.17) is 21.7 Å². The van der Waals surface area contributed by atoms with Crippen molar-refractivity contribution in [3.63, 3.8) is 0 Å². The number of aryl methyl sites for hydroxylation is 1. The minimum Gasteiger partial charge on any atom is -0.497 e. The van der Waals surface area contributed by atoms with E-state index in [9.17, 15) is 0 Å². The summed E-state index contributed by atoms with van der Waals surface area (Å²) in [6.45, 7) is 0.561. The number of hydrogen-bond donors (Lipinski definition) is 2. The van der Waals surface area contributed by atoms with Gasteiger partial charge in [-0.25, -0.2) is 0 Å². The Morgan fingerprint density at radius 2 is 2.10 bits per heavy atom. The second kappa shape index (κ2) is 6.94. The standard InChI is InChI=1S/C14H18N4O2S/c1-18-7-6-10(17-18)9-15-14(21)16-12-5-4-11(19-2)8-13(12)20-3/h4-8H,9H2,1-3H3,(H2,15,16,21). The van der Waals surface area contributed by atoms with Gasteiger partial charge in [0.15, 0.2) is 5.11 Å². The molecule has 2 N–H and O–H groups in total. The average Bonchev–Trinajstić information content (AvgIpc) is 2.91. The summed E-state index contributed by atoms with van der Waals surface area (Å²) in [6.07, 6.45) is 1.89. The largest absolute Gasteiger partial charge is 0.497 e. The number of nitrogens with one attached hydrogen (secondary N) is 2. The van der Waals surface area contributed by atoms with E-state index < -0.39 is 0 Å². The summed E-state index contributed by atoms with van der Waals surface area (Å²) in [5.74, 6) is 1.39. The topological polar surface area (TPSA) is 60.3 Å². The van der Waals surface area contributed by atoms with Crippen molar-refractivity contribution in [2.45, 2.75) is 6.54 Å². The molecule has 0 amide bonds. The van der Waals surface area contributed by atoms with Crippen LogP contribution in [0.3, 0.4) is 0 Å². The van der Waals surface area contributed by atoms with Gasteiger partial charge in [-0.3, -0.25) is 4.68 Å². The highest BCUT2D eigenvalue weighted by molar-refractivity contribution is 7.80. The Hall–Kier alpha value is -2.28. The van der Waals surface area contributed by atoms with Crippen molar-refractivity contribution < 1.29 is 9.47 Å². The van der Waals surface area contributed by atoms with Gasteiger partial charge in [0.2, 0.25) is 0 Å². The van der Waals surface area contributed by atoms with E-state index in [0.717, 1.165) is 17.1 Å². The van der Waals surface area contributed by atoms with E-state index in [0.29, 0.717) is 17.4 Å². The molecule has 0 saturated carbocycles. The number of anilines is 1. The van der Waals surface area contributed by atoms with E-state index in [1.54, 1.807) is 25.0 Å². The fourth-order valence-corrected chi connectivity index (χ4v) is 1.98. The summed E-state index contributed by atoms with van der Waals surface area (Å²) in [5, 5.41) is 11.0. The van der Waals surface area contributed by atoms with Crippen LogP contribution in [0.25, 0.3) is 0 Å². The molecule has 1 heterocycles. The van der Waals surface area contributed by atoms with Crippen molar-refractivity contribution in [2.75, 3.05) is 19.5 Å². The molecule has 0 radical (unpaired) electrons. The molecular formula is C14H18N4O2S. The predicted molar refractivity (Wildman–Crippen MR) is 85.8 cm³/mol. The molecular weight excluding hydrogens is 288 g/mol. The van der Waals surface area contributed by atoms with Gasteiger partial charge in [0.1, 0.15) is 11.5 Å². The molecule has 2 aromatic rings. The highest BCUT2D eigenvalue weighted by Crippen LogP contribution is 2.28. The van der Waals surface area contributed by atoms with Crippen LogP contribution < -0.4 is 20.1 Å². The maximum atomic E-state index is 5.31. The van der Waals surface area contributed by atoms with E-state index in [1.807, 2.05) is 31.4 Å². The van der Waals surface area contributed by atoms with Gasteiger partial charge in [0, 0.05) is 19.3 Å². The van der Waals surface area contributed by atoms with Crippen LogP contribution in [0.4, 0.5) is 5.69 Å². The van der Waals surface area contributed by atoms with E-state index >= 15 is 0 Å². The van der Waals surface area contributed by atoms with E-state index in [2.05, 4.69) is 15.7 Å².